The van der Waals surface area contributed by atoms with E-state index in [0.717, 1.165) is 0 Å². The molecule has 2 aromatic carbocycles. The van der Waals surface area contributed by atoms with Crippen LogP contribution in [0.4, 0.5) is 11.4 Å². The summed E-state index contributed by atoms with van der Waals surface area (Å²) in [5, 5.41) is 5.87. The summed E-state index contributed by atoms with van der Waals surface area (Å²) in [4.78, 5) is 35.2. The van der Waals surface area contributed by atoms with Crippen molar-refractivity contribution in [1.29, 1.82) is 0 Å². The first-order valence-corrected chi connectivity index (χ1v) is 7.92. The molecule has 0 radical (unpaired) electrons. The van der Waals surface area contributed by atoms with Crippen molar-refractivity contribution in [2.45, 2.75) is 0 Å². The van der Waals surface area contributed by atoms with Crippen molar-refractivity contribution in [1.82, 2.24) is 0 Å². The summed E-state index contributed by atoms with van der Waals surface area (Å²) in [7, 11) is 2.56. The van der Waals surface area contributed by atoms with Crippen LogP contribution in [0.2, 0.25) is 5.02 Å². The Bertz CT molecular complexity index is 838. The number of benzene rings is 2. The Balaban J connectivity index is 2.01. The number of hydrogen-bond acceptors (Lipinski definition) is 6. The Morgan fingerprint density at radius 3 is 2.27 bits per heavy atom. The van der Waals surface area contributed by atoms with Crippen LogP contribution in [0.1, 0.15) is 20.7 Å². The lowest BCUT2D eigenvalue weighted by atomic mass is 10.2. The summed E-state index contributed by atoms with van der Waals surface area (Å²) in [6, 6.07) is 10.9. The number of methoxy groups -OCH3 is 2. The van der Waals surface area contributed by atoms with Crippen LogP contribution in [0.5, 0.6) is 0 Å². The van der Waals surface area contributed by atoms with Gasteiger partial charge < -0.3 is 20.1 Å². The van der Waals surface area contributed by atoms with Gasteiger partial charge in [0.05, 0.1) is 42.6 Å². The van der Waals surface area contributed by atoms with Crippen molar-refractivity contribution >= 4 is 40.8 Å². The van der Waals surface area contributed by atoms with E-state index in [2.05, 4.69) is 20.1 Å². The van der Waals surface area contributed by atoms with Crippen LogP contribution in [0, 0.1) is 0 Å². The lowest BCUT2D eigenvalue weighted by Crippen LogP contribution is -2.22. The second-order valence-corrected chi connectivity index (χ2v) is 5.57. The number of amides is 1. The fourth-order valence-electron chi connectivity index (χ4n) is 2.13. The summed E-state index contributed by atoms with van der Waals surface area (Å²) in [5.41, 5.74) is 1.51. The zero-order valence-electron chi connectivity index (χ0n) is 14.2. The van der Waals surface area contributed by atoms with Crippen molar-refractivity contribution in [3.63, 3.8) is 0 Å². The third-order valence-corrected chi connectivity index (χ3v) is 3.72. The average Bonchev–Trinajstić information content (AvgIpc) is 2.66. The van der Waals surface area contributed by atoms with Gasteiger partial charge in [-0.1, -0.05) is 17.7 Å². The molecule has 1 amide bonds. The van der Waals surface area contributed by atoms with Crippen LogP contribution in [0.3, 0.4) is 0 Å². The Morgan fingerprint density at radius 1 is 0.962 bits per heavy atom. The van der Waals surface area contributed by atoms with Crippen LogP contribution >= 0.6 is 11.6 Å². The standard InChI is InChI=1S/C18H17ClN2O5/c1-25-17(23)11-4-3-5-13(8-11)21-16(22)10-20-15-9-12(18(24)26-2)6-7-14(15)19/h3-9,20H,10H2,1-2H3,(H,21,22). The fraction of sp³-hybridized carbons (Fsp3) is 0.167. The molecule has 0 atom stereocenters. The van der Waals surface area contributed by atoms with E-state index in [4.69, 9.17) is 11.6 Å². The summed E-state index contributed by atoms with van der Waals surface area (Å²) < 4.78 is 9.29. The number of halogens is 1. The van der Waals surface area contributed by atoms with Crippen molar-refractivity contribution in [3.05, 3.63) is 58.6 Å². The summed E-state index contributed by atoms with van der Waals surface area (Å²) in [6.07, 6.45) is 0. The lowest BCUT2D eigenvalue weighted by Gasteiger charge is -2.11. The largest absolute Gasteiger partial charge is 0.465 e. The van der Waals surface area contributed by atoms with E-state index < -0.39 is 11.9 Å². The van der Waals surface area contributed by atoms with Gasteiger partial charge in [-0.2, -0.15) is 0 Å². The first-order valence-electron chi connectivity index (χ1n) is 7.54. The lowest BCUT2D eigenvalue weighted by molar-refractivity contribution is -0.114. The summed E-state index contributed by atoms with van der Waals surface area (Å²) >= 11 is 6.06. The Morgan fingerprint density at radius 2 is 1.62 bits per heavy atom. The number of carbonyl (C=O) groups excluding carboxylic acids is 3. The molecule has 2 aromatic rings. The van der Waals surface area contributed by atoms with Crippen LogP contribution < -0.4 is 10.6 Å². The van der Waals surface area contributed by atoms with Crippen LogP contribution in [-0.2, 0) is 14.3 Å². The zero-order chi connectivity index (χ0) is 19.1. The molecule has 0 aromatic heterocycles. The average molecular weight is 377 g/mol. The van der Waals surface area contributed by atoms with Gasteiger partial charge in [-0.3, -0.25) is 4.79 Å². The maximum absolute atomic E-state index is 12.1. The minimum Gasteiger partial charge on any atom is -0.465 e. The normalized spacial score (nSPS) is 9.96. The van der Waals surface area contributed by atoms with E-state index in [-0.39, 0.29) is 12.5 Å². The Labute approximate surface area is 155 Å². The third-order valence-electron chi connectivity index (χ3n) is 3.39. The van der Waals surface area contributed by atoms with E-state index in [9.17, 15) is 14.4 Å². The van der Waals surface area contributed by atoms with Gasteiger partial charge in [0.2, 0.25) is 5.91 Å². The monoisotopic (exact) mass is 376 g/mol. The van der Waals surface area contributed by atoms with Crippen LogP contribution in [0.25, 0.3) is 0 Å². The van der Waals surface area contributed by atoms with Gasteiger partial charge in [0, 0.05) is 5.69 Å². The molecule has 0 aliphatic rings. The first kappa shape index (κ1) is 19.3. The zero-order valence-corrected chi connectivity index (χ0v) is 14.9. The second-order valence-electron chi connectivity index (χ2n) is 5.16. The number of nitrogens with one attached hydrogen (secondary N) is 2. The number of hydrogen-bond donors (Lipinski definition) is 2. The molecular formula is C18H17ClN2O5. The van der Waals surface area contributed by atoms with Crippen molar-refractivity contribution in [2.24, 2.45) is 0 Å². The molecule has 26 heavy (non-hydrogen) atoms. The van der Waals surface area contributed by atoms with Crippen LogP contribution in [-0.4, -0.2) is 38.6 Å². The molecule has 0 heterocycles. The molecule has 0 saturated carbocycles. The number of anilines is 2. The summed E-state index contributed by atoms with van der Waals surface area (Å²) in [6.45, 7) is -0.0905. The van der Waals surface area contributed by atoms with Gasteiger partial charge in [0.1, 0.15) is 0 Å². The van der Waals surface area contributed by atoms with E-state index in [1.807, 2.05) is 0 Å². The molecule has 8 heteroatoms. The van der Waals surface area contributed by atoms with Crippen LogP contribution in [0.15, 0.2) is 42.5 Å². The predicted molar refractivity (Wildman–Crippen MR) is 97.7 cm³/mol. The number of esters is 2. The van der Waals surface area contributed by atoms with Gasteiger partial charge in [0.25, 0.3) is 0 Å². The molecule has 2 N–H and O–H groups in total. The highest BCUT2D eigenvalue weighted by Gasteiger charge is 2.11. The quantitative estimate of drug-likeness (QED) is 0.753. The first-order chi connectivity index (χ1) is 12.4. The highest BCUT2D eigenvalue weighted by Crippen LogP contribution is 2.23. The van der Waals surface area contributed by atoms with E-state index in [1.54, 1.807) is 18.2 Å². The van der Waals surface area contributed by atoms with Gasteiger partial charge in [0.15, 0.2) is 0 Å². The molecule has 0 aliphatic carbocycles. The van der Waals surface area contributed by atoms with Crippen molar-refractivity contribution in [2.75, 3.05) is 31.4 Å². The molecule has 136 valence electrons. The maximum Gasteiger partial charge on any atom is 0.337 e. The molecule has 0 aliphatic heterocycles. The van der Waals surface area contributed by atoms with E-state index >= 15 is 0 Å². The predicted octanol–water partition coefficient (Wildman–Crippen LogP) is 2.96. The topological polar surface area (TPSA) is 93.7 Å². The molecule has 7 nitrogen and oxygen atoms in total. The molecule has 0 saturated heterocycles. The Kier molecular flexibility index (Phi) is 6.57. The van der Waals surface area contributed by atoms with Gasteiger partial charge >= 0.3 is 11.9 Å². The maximum atomic E-state index is 12.1. The van der Waals surface area contributed by atoms with E-state index in [1.165, 1.54) is 38.5 Å². The fourth-order valence-corrected chi connectivity index (χ4v) is 2.31. The second kappa shape index (κ2) is 8.87. The Hall–Kier alpha value is -3.06. The van der Waals surface area contributed by atoms with E-state index in [0.29, 0.717) is 27.5 Å². The SMILES string of the molecule is COC(=O)c1cccc(NC(=O)CNc2cc(C(=O)OC)ccc2Cl)c1. The minimum absolute atomic E-state index is 0.0905. The molecule has 0 spiro atoms. The molecular weight excluding hydrogens is 360 g/mol. The minimum atomic E-state index is -0.506. The van der Waals surface area contributed by atoms with Crippen molar-refractivity contribution in [3.8, 4) is 0 Å². The molecule has 0 unspecified atom stereocenters. The smallest absolute Gasteiger partial charge is 0.337 e. The molecule has 2 rings (SSSR count). The van der Waals surface area contributed by atoms with Crippen molar-refractivity contribution < 1.29 is 23.9 Å². The van der Waals surface area contributed by atoms with Gasteiger partial charge in [-0.05, 0) is 36.4 Å². The molecule has 0 bridgehead atoms. The highest BCUT2D eigenvalue weighted by molar-refractivity contribution is 6.33. The van der Waals surface area contributed by atoms with Gasteiger partial charge in [-0.15, -0.1) is 0 Å². The summed E-state index contributed by atoms with van der Waals surface area (Å²) in [5.74, 6) is -1.36. The molecule has 0 fully saturated rings. The third kappa shape index (κ3) is 4.97. The highest BCUT2D eigenvalue weighted by atomic mass is 35.5. The number of rotatable bonds is 6. The number of ether oxygens (including phenoxy) is 2. The van der Waals surface area contributed by atoms with Gasteiger partial charge in [-0.25, -0.2) is 9.59 Å². The number of carbonyl (C=O) groups is 3.